The van der Waals surface area contributed by atoms with Crippen molar-refractivity contribution in [1.82, 2.24) is 0 Å². The smallest absolute Gasteiger partial charge is 0.508 e. The molecule has 0 fully saturated rings. The first-order chi connectivity index (χ1) is 4.20. The molecular weight excluding hydrogens is 159 g/mol. The molecule has 0 spiro atoms. The van der Waals surface area contributed by atoms with Crippen LogP contribution in [-0.4, -0.2) is 5.11 Å². The van der Waals surface area contributed by atoms with Crippen molar-refractivity contribution in [2.45, 2.75) is 6.92 Å². The van der Waals surface area contributed by atoms with Crippen molar-refractivity contribution in [3.8, 4) is 5.75 Å². The first kappa shape index (κ1) is 10.3. The summed E-state index contributed by atoms with van der Waals surface area (Å²) in [6.07, 6.45) is 0. The number of hydrogen-bond donors (Lipinski definition) is 1. The molecule has 0 aliphatic carbocycles. The Kier molecular flexibility index (Phi) is 4.37. The van der Waals surface area contributed by atoms with E-state index in [0.29, 0.717) is 5.02 Å². The summed E-state index contributed by atoms with van der Waals surface area (Å²) in [7, 11) is 0. The Hall–Kier alpha value is 0.310. The fourth-order valence-corrected chi connectivity index (χ4v) is 0.746. The van der Waals surface area contributed by atoms with Gasteiger partial charge in [-0.25, -0.2) is 0 Å². The zero-order valence-corrected chi connectivity index (χ0v) is 8.81. The molecule has 0 unspecified atom stereocenters. The van der Waals surface area contributed by atoms with E-state index in [1.54, 1.807) is 18.2 Å². The molecule has 0 aliphatic rings. The first-order valence-corrected chi connectivity index (χ1v) is 3.03. The number of halogens is 1. The van der Waals surface area contributed by atoms with Gasteiger partial charge in [0.2, 0.25) is 0 Å². The number of phenolic OH excluding ortho intramolecular Hbond substituents is 1. The molecule has 1 N–H and O–H groups in total. The molecular formula is C7H7ClNaO+. The summed E-state index contributed by atoms with van der Waals surface area (Å²) < 4.78 is 0. The zero-order chi connectivity index (χ0) is 6.85. The molecule has 3 heteroatoms. The Morgan fingerprint density at radius 1 is 1.40 bits per heavy atom. The largest absolute Gasteiger partial charge is 1.00 e. The Morgan fingerprint density at radius 2 is 2.00 bits per heavy atom. The van der Waals surface area contributed by atoms with E-state index < -0.39 is 0 Å². The second kappa shape index (κ2) is 4.24. The molecule has 0 radical (unpaired) electrons. The molecule has 0 aromatic heterocycles. The van der Waals surface area contributed by atoms with Crippen molar-refractivity contribution in [3.05, 3.63) is 28.8 Å². The van der Waals surface area contributed by atoms with Crippen LogP contribution in [0, 0.1) is 6.92 Å². The molecule has 0 atom stereocenters. The third-order valence-corrected chi connectivity index (χ3v) is 1.57. The molecule has 1 aromatic carbocycles. The fraction of sp³-hybridized carbons (Fsp3) is 0.143. The van der Waals surface area contributed by atoms with Gasteiger partial charge in [0.05, 0.1) is 0 Å². The van der Waals surface area contributed by atoms with Crippen LogP contribution in [0.25, 0.3) is 0 Å². The van der Waals surface area contributed by atoms with Crippen LogP contribution in [-0.2, 0) is 0 Å². The quantitative estimate of drug-likeness (QED) is 0.507. The van der Waals surface area contributed by atoms with Gasteiger partial charge >= 0.3 is 29.6 Å². The Balaban J connectivity index is 0.000000810. The number of hydrogen-bond acceptors (Lipinski definition) is 1. The minimum atomic E-state index is 0. The standard InChI is InChI=1S/C7H7ClO.Na/c1-5-4-6(9)2-3-7(5)8;/h2-4,9H,1H3;/q;+1. The maximum Gasteiger partial charge on any atom is 1.00 e. The van der Waals surface area contributed by atoms with E-state index in [2.05, 4.69) is 0 Å². The molecule has 0 amide bonds. The van der Waals surface area contributed by atoms with Gasteiger partial charge in [-0.1, -0.05) is 11.6 Å². The monoisotopic (exact) mass is 165 g/mol. The summed E-state index contributed by atoms with van der Waals surface area (Å²) in [6.45, 7) is 1.85. The van der Waals surface area contributed by atoms with Gasteiger partial charge < -0.3 is 5.11 Å². The van der Waals surface area contributed by atoms with Crippen molar-refractivity contribution in [3.63, 3.8) is 0 Å². The third-order valence-electron chi connectivity index (χ3n) is 1.14. The van der Waals surface area contributed by atoms with E-state index in [1.165, 1.54) is 0 Å². The maximum absolute atomic E-state index is 8.88. The van der Waals surface area contributed by atoms with Crippen LogP contribution in [0.2, 0.25) is 5.02 Å². The SMILES string of the molecule is Cc1cc(O)ccc1Cl.[Na+]. The minimum absolute atomic E-state index is 0. The molecule has 0 heterocycles. The molecule has 0 bridgehead atoms. The Morgan fingerprint density at radius 3 is 2.40 bits per heavy atom. The third kappa shape index (κ3) is 2.51. The van der Waals surface area contributed by atoms with Gasteiger partial charge in [-0.2, -0.15) is 0 Å². The topological polar surface area (TPSA) is 20.2 Å². The van der Waals surface area contributed by atoms with E-state index >= 15 is 0 Å². The van der Waals surface area contributed by atoms with Gasteiger partial charge in [-0.05, 0) is 30.7 Å². The van der Waals surface area contributed by atoms with E-state index in [9.17, 15) is 0 Å². The van der Waals surface area contributed by atoms with Gasteiger partial charge in [-0.15, -0.1) is 0 Å². The summed E-state index contributed by atoms with van der Waals surface area (Å²) in [4.78, 5) is 0. The minimum Gasteiger partial charge on any atom is -0.508 e. The average Bonchev–Trinajstić information content (AvgIpc) is 1.80. The van der Waals surface area contributed by atoms with Gasteiger partial charge in [0, 0.05) is 5.02 Å². The second-order valence-electron chi connectivity index (χ2n) is 1.93. The van der Waals surface area contributed by atoms with Crippen molar-refractivity contribution in [1.29, 1.82) is 0 Å². The molecule has 1 aromatic rings. The Labute approximate surface area is 87.3 Å². The molecule has 10 heavy (non-hydrogen) atoms. The van der Waals surface area contributed by atoms with E-state index in [1.807, 2.05) is 6.92 Å². The number of rotatable bonds is 0. The van der Waals surface area contributed by atoms with E-state index in [0.717, 1.165) is 5.56 Å². The molecule has 48 valence electrons. The fourth-order valence-electron chi connectivity index (χ4n) is 0.629. The van der Waals surface area contributed by atoms with Gasteiger partial charge in [0.1, 0.15) is 5.75 Å². The van der Waals surface area contributed by atoms with Crippen LogP contribution in [0.3, 0.4) is 0 Å². The van der Waals surface area contributed by atoms with Crippen LogP contribution < -0.4 is 29.6 Å². The molecule has 1 rings (SSSR count). The van der Waals surface area contributed by atoms with Crippen LogP contribution in [0.1, 0.15) is 5.56 Å². The average molecular weight is 166 g/mol. The van der Waals surface area contributed by atoms with Crippen LogP contribution in [0.15, 0.2) is 18.2 Å². The number of benzene rings is 1. The number of phenols is 1. The summed E-state index contributed by atoms with van der Waals surface area (Å²) >= 11 is 5.67. The van der Waals surface area contributed by atoms with Crippen LogP contribution in [0.5, 0.6) is 5.75 Å². The molecule has 0 saturated heterocycles. The summed E-state index contributed by atoms with van der Waals surface area (Å²) in [5.41, 5.74) is 0.900. The molecule has 0 saturated carbocycles. The predicted octanol–water partition coefficient (Wildman–Crippen LogP) is -0.642. The summed E-state index contributed by atoms with van der Waals surface area (Å²) in [5, 5.41) is 9.57. The van der Waals surface area contributed by atoms with Crippen molar-refractivity contribution >= 4 is 11.6 Å². The summed E-state index contributed by atoms with van der Waals surface area (Å²) in [6, 6.07) is 4.86. The van der Waals surface area contributed by atoms with Crippen LogP contribution >= 0.6 is 11.6 Å². The van der Waals surface area contributed by atoms with Crippen molar-refractivity contribution in [2.24, 2.45) is 0 Å². The zero-order valence-electron chi connectivity index (χ0n) is 6.06. The first-order valence-electron chi connectivity index (χ1n) is 2.65. The number of aryl methyl sites for hydroxylation is 1. The summed E-state index contributed by atoms with van der Waals surface area (Å²) in [5.74, 6) is 0.261. The van der Waals surface area contributed by atoms with Gasteiger partial charge in [0.25, 0.3) is 0 Å². The number of aromatic hydroxyl groups is 1. The maximum atomic E-state index is 8.88. The van der Waals surface area contributed by atoms with E-state index in [-0.39, 0.29) is 35.3 Å². The normalized spacial score (nSPS) is 8.60. The van der Waals surface area contributed by atoms with Gasteiger partial charge in [-0.3, -0.25) is 0 Å². The van der Waals surface area contributed by atoms with Crippen LogP contribution in [0.4, 0.5) is 0 Å². The van der Waals surface area contributed by atoms with Gasteiger partial charge in [0.15, 0.2) is 0 Å². The molecule has 1 nitrogen and oxygen atoms in total. The Bertz CT molecular complexity index is 225. The molecule has 0 aliphatic heterocycles. The van der Waals surface area contributed by atoms with Crippen molar-refractivity contribution < 1.29 is 34.7 Å². The predicted molar refractivity (Wildman–Crippen MR) is 37.9 cm³/mol. The van der Waals surface area contributed by atoms with Crippen molar-refractivity contribution in [2.75, 3.05) is 0 Å². The van der Waals surface area contributed by atoms with E-state index in [4.69, 9.17) is 16.7 Å². The second-order valence-corrected chi connectivity index (χ2v) is 2.34.